The van der Waals surface area contributed by atoms with E-state index >= 15 is 0 Å². The fourth-order valence-electron chi connectivity index (χ4n) is 1.12. The number of hydrogen-bond donors (Lipinski definition) is 2. The van der Waals surface area contributed by atoms with E-state index in [0.29, 0.717) is 11.3 Å². The lowest BCUT2D eigenvalue weighted by Gasteiger charge is -2.08. The highest BCUT2D eigenvalue weighted by molar-refractivity contribution is 5.75. The first-order valence-electron chi connectivity index (χ1n) is 4.25. The maximum atomic E-state index is 10.5. The normalized spacial score (nSPS) is 9.86. The lowest BCUT2D eigenvalue weighted by atomic mass is 10.1. The minimum atomic E-state index is -0.533. The Hall–Kier alpha value is -1.55. The molecule has 4 nitrogen and oxygen atoms in total. The number of rotatable bonds is 4. The van der Waals surface area contributed by atoms with Gasteiger partial charge in [-0.1, -0.05) is 17.7 Å². The molecular formula is C10H13NO3. The van der Waals surface area contributed by atoms with Crippen LogP contribution in [0.15, 0.2) is 18.2 Å². The summed E-state index contributed by atoms with van der Waals surface area (Å²) in [5, 5.41) is 9.01. The van der Waals surface area contributed by atoms with Gasteiger partial charge < -0.3 is 15.6 Å². The Morgan fingerprint density at radius 2 is 2.29 bits per heavy atom. The van der Waals surface area contributed by atoms with Crippen molar-refractivity contribution >= 4 is 5.91 Å². The van der Waals surface area contributed by atoms with Crippen LogP contribution in [0.2, 0.25) is 0 Å². The van der Waals surface area contributed by atoms with E-state index in [1.54, 1.807) is 12.1 Å². The maximum Gasteiger partial charge on any atom is 0.255 e. The zero-order valence-electron chi connectivity index (χ0n) is 7.99. The van der Waals surface area contributed by atoms with Crippen molar-refractivity contribution in [3.05, 3.63) is 29.3 Å². The lowest BCUT2D eigenvalue weighted by molar-refractivity contribution is -0.119. The third-order valence-corrected chi connectivity index (χ3v) is 1.76. The molecule has 1 amide bonds. The van der Waals surface area contributed by atoms with Crippen LogP contribution in [-0.2, 0) is 11.4 Å². The highest BCUT2D eigenvalue weighted by Gasteiger charge is 2.04. The molecule has 0 fully saturated rings. The molecule has 14 heavy (non-hydrogen) atoms. The minimum Gasteiger partial charge on any atom is -0.483 e. The van der Waals surface area contributed by atoms with Crippen molar-refractivity contribution in [1.82, 2.24) is 0 Å². The quantitative estimate of drug-likeness (QED) is 0.728. The number of aliphatic hydroxyl groups is 1. The lowest BCUT2D eigenvalue weighted by Crippen LogP contribution is -2.20. The number of carbonyl (C=O) groups excluding carboxylic acids is 1. The molecule has 0 radical (unpaired) electrons. The number of aliphatic hydroxyl groups excluding tert-OH is 1. The van der Waals surface area contributed by atoms with E-state index in [-0.39, 0.29) is 13.2 Å². The van der Waals surface area contributed by atoms with E-state index in [9.17, 15) is 4.79 Å². The van der Waals surface area contributed by atoms with Gasteiger partial charge in [0.2, 0.25) is 0 Å². The summed E-state index contributed by atoms with van der Waals surface area (Å²) >= 11 is 0. The summed E-state index contributed by atoms with van der Waals surface area (Å²) in [7, 11) is 0. The van der Waals surface area contributed by atoms with Crippen LogP contribution in [0, 0.1) is 6.92 Å². The van der Waals surface area contributed by atoms with Crippen LogP contribution in [0.25, 0.3) is 0 Å². The molecule has 4 heteroatoms. The second kappa shape index (κ2) is 4.62. The van der Waals surface area contributed by atoms with Gasteiger partial charge >= 0.3 is 0 Å². The summed E-state index contributed by atoms with van der Waals surface area (Å²) < 4.78 is 5.11. The van der Waals surface area contributed by atoms with Gasteiger partial charge in [-0.3, -0.25) is 4.79 Å². The Kier molecular flexibility index (Phi) is 3.48. The van der Waals surface area contributed by atoms with Crippen molar-refractivity contribution in [3.8, 4) is 5.75 Å². The van der Waals surface area contributed by atoms with Crippen molar-refractivity contribution in [1.29, 1.82) is 0 Å². The molecule has 0 aliphatic carbocycles. The first-order valence-corrected chi connectivity index (χ1v) is 4.25. The van der Waals surface area contributed by atoms with Crippen LogP contribution in [0.1, 0.15) is 11.1 Å². The Morgan fingerprint density at radius 3 is 2.86 bits per heavy atom. The van der Waals surface area contributed by atoms with Gasteiger partial charge in [0.05, 0.1) is 6.61 Å². The number of ether oxygens (including phenoxy) is 1. The van der Waals surface area contributed by atoms with Gasteiger partial charge in [0, 0.05) is 5.56 Å². The molecule has 0 aromatic heterocycles. The van der Waals surface area contributed by atoms with Gasteiger partial charge in [0.15, 0.2) is 6.61 Å². The predicted molar refractivity (Wildman–Crippen MR) is 51.8 cm³/mol. The second-order valence-corrected chi connectivity index (χ2v) is 3.02. The first-order chi connectivity index (χ1) is 6.63. The van der Waals surface area contributed by atoms with E-state index in [1.807, 2.05) is 13.0 Å². The number of hydrogen-bond acceptors (Lipinski definition) is 3. The largest absolute Gasteiger partial charge is 0.483 e. The van der Waals surface area contributed by atoms with Crippen molar-refractivity contribution < 1.29 is 14.6 Å². The smallest absolute Gasteiger partial charge is 0.255 e. The van der Waals surface area contributed by atoms with Gasteiger partial charge in [0.25, 0.3) is 5.91 Å². The summed E-state index contributed by atoms with van der Waals surface area (Å²) in [5.74, 6) is -0.0358. The van der Waals surface area contributed by atoms with Crippen LogP contribution in [-0.4, -0.2) is 17.6 Å². The molecule has 76 valence electrons. The fraction of sp³-hybridized carbons (Fsp3) is 0.300. The van der Waals surface area contributed by atoms with Gasteiger partial charge in [-0.25, -0.2) is 0 Å². The molecule has 0 unspecified atom stereocenters. The number of benzene rings is 1. The monoisotopic (exact) mass is 195 g/mol. The standard InChI is InChI=1S/C10H13NO3/c1-7-2-3-9(8(4-7)5-12)14-6-10(11)13/h2-4,12H,5-6H2,1H3,(H2,11,13). The maximum absolute atomic E-state index is 10.5. The Bertz CT molecular complexity index is 336. The van der Waals surface area contributed by atoms with E-state index < -0.39 is 5.91 Å². The molecule has 0 atom stereocenters. The van der Waals surface area contributed by atoms with Gasteiger partial charge in [-0.2, -0.15) is 0 Å². The molecule has 0 saturated heterocycles. The van der Waals surface area contributed by atoms with Crippen molar-refractivity contribution in [2.75, 3.05) is 6.61 Å². The van der Waals surface area contributed by atoms with Crippen LogP contribution < -0.4 is 10.5 Å². The van der Waals surface area contributed by atoms with Crippen LogP contribution in [0.3, 0.4) is 0 Å². The molecule has 1 rings (SSSR count). The highest BCUT2D eigenvalue weighted by atomic mass is 16.5. The summed E-state index contributed by atoms with van der Waals surface area (Å²) in [6, 6.07) is 5.36. The van der Waals surface area contributed by atoms with Crippen molar-refractivity contribution in [2.24, 2.45) is 5.73 Å². The molecule has 0 spiro atoms. The molecule has 3 N–H and O–H groups in total. The summed E-state index contributed by atoms with van der Waals surface area (Å²) in [6.07, 6.45) is 0. The zero-order valence-corrected chi connectivity index (χ0v) is 7.99. The van der Waals surface area contributed by atoms with Gasteiger partial charge in [-0.15, -0.1) is 0 Å². The number of primary amides is 1. The molecule has 0 aliphatic heterocycles. The summed E-state index contributed by atoms with van der Waals surface area (Å²) in [4.78, 5) is 10.5. The molecule has 0 bridgehead atoms. The number of nitrogens with two attached hydrogens (primary N) is 1. The fourth-order valence-corrected chi connectivity index (χ4v) is 1.12. The van der Waals surface area contributed by atoms with Crippen molar-refractivity contribution in [2.45, 2.75) is 13.5 Å². The number of amides is 1. The van der Waals surface area contributed by atoms with Gasteiger partial charge in [0.1, 0.15) is 5.75 Å². The Labute approximate surface area is 82.3 Å². The third kappa shape index (κ3) is 2.74. The first kappa shape index (κ1) is 10.5. The third-order valence-electron chi connectivity index (χ3n) is 1.76. The summed E-state index contributed by atoms with van der Waals surface area (Å²) in [5.41, 5.74) is 6.62. The number of carbonyl (C=O) groups is 1. The van der Waals surface area contributed by atoms with E-state index in [0.717, 1.165) is 5.56 Å². The average molecular weight is 195 g/mol. The average Bonchev–Trinajstić information content (AvgIpc) is 2.15. The van der Waals surface area contributed by atoms with E-state index in [4.69, 9.17) is 15.6 Å². The number of aryl methyl sites for hydroxylation is 1. The SMILES string of the molecule is Cc1ccc(OCC(N)=O)c(CO)c1. The Morgan fingerprint density at radius 1 is 1.57 bits per heavy atom. The predicted octanol–water partition coefficient (Wildman–Crippen LogP) is 0.351. The van der Waals surface area contributed by atoms with Crippen LogP contribution >= 0.6 is 0 Å². The molecule has 1 aromatic rings. The van der Waals surface area contributed by atoms with E-state index in [1.165, 1.54) is 0 Å². The summed E-state index contributed by atoms with van der Waals surface area (Å²) in [6.45, 7) is 1.63. The molecule has 0 saturated carbocycles. The van der Waals surface area contributed by atoms with Gasteiger partial charge in [-0.05, 0) is 13.0 Å². The minimum absolute atomic E-state index is 0.115. The van der Waals surface area contributed by atoms with Crippen LogP contribution in [0.4, 0.5) is 0 Å². The molecule has 0 heterocycles. The van der Waals surface area contributed by atoms with Crippen molar-refractivity contribution in [3.63, 3.8) is 0 Å². The Balaban J connectivity index is 2.80. The van der Waals surface area contributed by atoms with Crippen LogP contribution in [0.5, 0.6) is 5.75 Å². The molecule has 1 aromatic carbocycles. The second-order valence-electron chi connectivity index (χ2n) is 3.02. The topological polar surface area (TPSA) is 72.5 Å². The van der Waals surface area contributed by atoms with E-state index in [2.05, 4.69) is 0 Å². The molecular weight excluding hydrogens is 182 g/mol. The highest BCUT2D eigenvalue weighted by Crippen LogP contribution is 2.19. The zero-order chi connectivity index (χ0) is 10.6. The molecule has 0 aliphatic rings.